The minimum atomic E-state index is -2.78. The highest BCUT2D eigenvalue weighted by atomic mass is 31.2. The highest BCUT2D eigenvalue weighted by molar-refractivity contribution is 7.52. The molecule has 0 radical (unpaired) electrons. The van der Waals surface area contributed by atoms with Crippen molar-refractivity contribution in [3.63, 3.8) is 0 Å². The van der Waals surface area contributed by atoms with Crippen LogP contribution in [0.2, 0.25) is 0 Å². The zero-order valence-corrected chi connectivity index (χ0v) is 7.27. The van der Waals surface area contributed by atoms with Gasteiger partial charge in [0.15, 0.2) is 0 Å². The molecular weight excluding hydrogens is 151 g/mol. The number of hydrogen-bond acceptors (Lipinski definition) is 3. The van der Waals surface area contributed by atoms with Crippen LogP contribution in [0.5, 0.6) is 0 Å². The molecule has 0 aliphatic heterocycles. The molecule has 0 fully saturated rings. The van der Waals surface area contributed by atoms with E-state index >= 15 is 0 Å². The predicted molar refractivity (Wildman–Crippen MR) is 41.3 cm³/mol. The molecule has 4 heteroatoms. The summed E-state index contributed by atoms with van der Waals surface area (Å²) in [4.78, 5) is 0. The normalized spacial score (nSPS) is 16.2. The van der Waals surface area contributed by atoms with Crippen molar-refractivity contribution in [2.24, 2.45) is 0 Å². The first-order valence-electron chi connectivity index (χ1n) is 3.10. The van der Waals surface area contributed by atoms with Gasteiger partial charge in [-0.2, -0.15) is 0 Å². The van der Waals surface area contributed by atoms with Crippen molar-refractivity contribution in [3.05, 3.63) is 12.7 Å². The van der Waals surface area contributed by atoms with E-state index < -0.39 is 7.60 Å². The third kappa shape index (κ3) is 4.74. The molecule has 0 aromatic carbocycles. The summed E-state index contributed by atoms with van der Waals surface area (Å²) in [5.74, 6) is 0. The van der Waals surface area contributed by atoms with Crippen molar-refractivity contribution in [1.29, 1.82) is 0 Å². The standard InChI is InChI=1S/C6H13O3P/c1-4-6-9-10(3,7)8-5-2/h4H,1,5-6H2,2-3H3. The molecule has 0 N–H and O–H groups in total. The second kappa shape index (κ2) is 4.67. The largest absolute Gasteiger partial charge is 0.327 e. The van der Waals surface area contributed by atoms with Gasteiger partial charge in [0, 0.05) is 6.66 Å². The van der Waals surface area contributed by atoms with Gasteiger partial charge in [-0.1, -0.05) is 6.08 Å². The van der Waals surface area contributed by atoms with Crippen LogP contribution < -0.4 is 0 Å². The fourth-order valence-electron chi connectivity index (χ4n) is 0.460. The maximum atomic E-state index is 11.1. The van der Waals surface area contributed by atoms with E-state index in [-0.39, 0.29) is 6.61 Å². The van der Waals surface area contributed by atoms with E-state index in [0.717, 1.165) is 0 Å². The Morgan fingerprint density at radius 1 is 1.60 bits per heavy atom. The predicted octanol–water partition coefficient (Wildman–Crippen LogP) is 2.05. The molecule has 0 aliphatic rings. The van der Waals surface area contributed by atoms with Gasteiger partial charge in [-0.3, -0.25) is 4.57 Å². The van der Waals surface area contributed by atoms with Gasteiger partial charge in [0.1, 0.15) is 0 Å². The first-order valence-corrected chi connectivity index (χ1v) is 5.09. The summed E-state index contributed by atoms with van der Waals surface area (Å²) in [5, 5.41) is 0. The van der Waals surface area contributed by atoms with Gasteiger partial charge in [0.05, 0.1) is 13.2 Å². The molecule has 60 valence electrons. The summed E-state index contributed by atoms with van der Waals surface area (Å²) in [7, 11) is -2.78. The molecule has 0 spiro atoms. The van der Waals surface area contributed by atoms with Crippen LogP contribution in [0.25, 0.3) is 0 Å². The van der Waals surface area contributed by atoms with Gasteiger partial charge < -0.3 is 9.05 Å². The summed E-state index contributed by atoms with van der Waals surface area (Å²) < 4.78 is 20.7. The van der Waals surface area contributed by atoms with Gasteiger partial charge >= 0.3 is 7.60 Å². The minimum absolute atomic E-state index is 0.272. The molecule has 0 aromatic heterocycles. The summed E-state index contributed by atoms with van der Waals surface area (Å²) in [6.07, 6.45) is 1.54. The SMILES string of the molecule is C=CCOP(C)(=O)OCC. The summed E-state index contributed by atoms with van der Waals surface area (Å²) in [6.45, 7) is 7.32. The lowest BCUT2D eigenvalue weighted by Gasteiger charge is -2.10. The Morgan fingerprint density at radius 2 is 2.20 bits per heavy atom. The van der Waals surface area contributed by atoms with Gasteiger partial charge in [-0.05, 0) is 6.92 Å². The zero-order valence-electron chi connectivity index (χ0n) is 6.37. The van der Waals surface area contributed by atoms with Crippen LogP contribution in [-0.2, 0) is 13.6 Å². The molecule has 10 heavy (non-hydrogen) atoms. The lowest BCUT2D eigenvalue weighted by molar-refractivity contribution is 0.233. The molecule has 0 saturated heterocycles. The summed E-state index contributed by atoms with van der Waals surface area (Å²) in [5.41, 5.74) is 0. The van der Waals surface area contributed by atoms with Crippen LogP contribution in [-0.4, -0.2) is 19.9 Å². The van der Waals surface area contributed by atoms with Gasteiger partial charge in [-0.25, -0.2) is 0 Å². The summed E-state index contributed by atoms with van der Waals surface area (Å²) >= 11 is 0. The van der Waals surface area contributed by atoms with Gasteiger partial charge in [0.25, 0.3) is 0 Å². The third-order valence-corrected chi connectivity index (χ3v) is 2.14. The Balaban J connectivity index is 3.63. The topological polar surface area (TPSA) is 35.5 Å². The first kappa shape index (κ1) is 9.89. The fraction of sp³-hybridized carbons (Fsp3) is 0.667. The van der Waals surface area contributed by atoms with Gasteiger partial charge in [-0.15, -0.1) is 6.58 Å². The van der Waals surface area contributed by atoms with E-state index in [1.165, 1.54) is 12.7 Å². The molecule has 0 saturated carbocycles. The Labute approximate surface area is 61.6 Å². The van der Waals surface area contributed by atoms with Crippen molar-refractivity contribution in [1.82, 2.24) is 0 Å². The van der Waals surface area contributed by atoms with E-state index in [1.807, 2.05) is 0 Å². The minimum Gasteiger partial charge on any atom is -0.309 e. The van der Waals surface area contributed by atoms with Crippen molar-refractivity contribution in [2.75, 3.05) is 19.9 Å². The quantitative estimate of drug-likeness (QED) is 0.460. The molecule has 1 atom stereocenters. The molecule has 0 amide bonds. The number of hydrogen-bond donors (Lipinski definition) is 0. The van der Waals surface area contributed by atoms with Crippen LogP contribution in [0.3, 0.4) is 0 Å². The van der Waals surface area contributed by atoms with E-state index in [1.54, 1.807) is 6.92 Å². The summed E-state index contributed by atoms with van der Waals surface area (Å²) in [6, 6.07) is 0. The molecule has 3 nitrogen and oxygen atoms in total. The smallest absolute Gasteiger partial charge is 0.309 e. The molecule has 0 bridgehead atoms. The van der Waals surface area contributed by atoms with Crippen LogP contribution >= 0.6 is 7.60 Å². The zero-order chi connectivity index (χ0) is 8.04. The average Bonchev–Trinajstić information content (AvgIpc) is 1.84. The van der Waals surface area contributed by atoms with Crippen LogP contribution in [0.1, 0.15) is 6.92 Å². The monoisotopic (exact) mass is 164 g/mol. The van der Waals surface area contributed by atoms with Gasteiger partial charge in [0.2, 0.25) is 0 Å². The Bertz CT molecular complexity index is 144. The van der Waals surface area contributed by atoms with Crippen molar-refractivity contribution >= 4 is 7.60 Å². The van der Waals surface area contributed by atoms with E-state index in [0.29, 0.717) is 6.61 Å². The molecule has 1 unspecified atom stereocenters. The first-order chi connectivity index (χ1) is 4.62. The van der Waals surface area contributed by atoms with E-state index in [2.05, 4.69) is 6.58 Å². The molecule has 0 rings (SSSR count). The lowest BCUT2D eigenvalue weighted by atomic mass is 10.7. The lowest BCUT2D eigenvalue weighted by Crippen LogP contribution is -1.93. The van der Waals surface area contributed by atoms with E-state index in [9.17, 15) is 4.57 Å². The highest BCUT2D eigenvalue weighted by Gasteiger charge is 2.13. The average molecular weight is 164 g/mol. The number of rotatable bonds is 5. The molecule has 0 heterocycles. The second-order valence-corrected chi connectivity index (χ2v) is 3.83. The highest BCUT2D eigenvalue weighted by Crippen LogP contribution is 2.43. The Kier molecular flexibility index (Phi) is 4.62. The maximum absolute atomic E-state index is 11.1. The third-order valence-electron chi connectivity index (χ3n) is 0.791. The molecular formula is C6H13O3P. The maximum Gasteiger partial charge on any atom is 0.327 e. The van der Waals surface area contributed by atoms with Crippen molar-refractivity contribution in [2.45, 2.75) is 6.92 Å². The Morgan fingerprint density at radius 3 is 2.60 bits per heavy atom. The van der Waals surface area contributed by atoms with Crippen LogP contribution in [0.15, 0.2) is 12.7 Å². The molecule has 0 aromatic rings. The van der Waals surface area contributed by atoms with Crippen molar-refractivity contribution < 1.29 is 13.6 Å². The Hall–Kier alpha value is -0.110. The van der Waals surface area contributed by atoms with Crippen molar-refractivity contribution in [3.8, 4) is 0 Å². The van der Waals surface area contributed by atoms with Crippen LogP contribution in [0, 0.1) is 0 Å². The fourth-order valence-corrected chi connectivity index (χ4v) is 1.38. The second-order valence-electron chi connectivity index (χ2n) is 1.77. The van der Waals surface area contributed by atoms with E-state index in [4.69, 9.17) is 9.05 Å². The van der Waals surface area contributed by atoms with Crippen LogP contribution in [0.4, 0.5) is 0 Å². The molecule has 0 aliphatic carbocycles.